The minimum absolute atomic E-state index is 0.129. The van der Waals surface area contributed by atoms with Crippen LogP contribution in [0.2, 0.25) is 0 Å². The molecule has 0 unspecified atom stereocenters. The summed E-state index contributed by atoms with van der Waals surface area (Å²) in [5, 5.41) is 0. The van der Waals surface area contributed by atoms with Crippen molar-refractivity contribution in [3.05, 3.63) is 67.0 Å². The Labute approximate surface area is 153 Å². The van der Waals surface area contributed by atoms with E-state index >= 15 is 0 Å². The number of rotatable bonds is 5. The van der Waals surface area contributed by atoms with Crippen LogP contribution in [0.4, 0.5) is 0 Å². The predicted molar refractivity (Wildman–Crippen MR) is 102 cm³/mol. The fourth-order valence-corrected chi connectivity index (χ4v) is 3.65. The summed E-state index contributed by atoms with van der Waals surface area (Å²) in [6, 6.07) is 5.56. The first-order valence-electron chi connectivity index (χ1n) is 9.28. The lowest BCUT2D eigenvalue weighted by Gasteiger charge is -2.26. The third-order valence-corrected chi connectivity index (χ3v) is 5.18. The van der Waals surface area contributed by atoms with E-state index in [1.54, 1.807) is 12.1 Å². The summed E-state index contributed by atoms with van der Waals surface area (Å²) in [4.78, 5) is 41.3. The maximum Gasteiger partial charge on any atom is 0.328 e. The molecule has 0 saturated heterocycles. The first-order valence-corrected chi connectivity index (χ1v) is 9.28. The van der Waals surface area contributed by atoms with Gasteiger partial charge in [0.2, 0.25) is 5.78 Å². The van der Waals surface area contributed by atoms with E-state index in [0.29, 0.717) is 23.6 Å². The number of aromatic nitrogens is 2. The van der Waals surface area contributed by atoms with Crippen LogP contribution >= 0.6 is 0 Å². The Kier molecular flexibility index (Phi) is 4.99. The van der Waals surface area contributed by atoms with E-state index in [1.165, 1.54) is 4.57 Å². The molecular weight excluding hydrogens is 328 g/mol. The topological polar surface area (TPSA) is 71.9 Å². The van der Waals surface area contributed by atoms with Crippen LogP contribution in [-0.4, -0.2) is 15.3 Å². The van der Waals surface area contributed by atoms with Crippen LogP contribution < -0.4 is 11.2 Å². The summed E-state index contributed by atoms with van der Waals surface area (Å²) in [6.07, 6.45) is 3.25. The first kappa shape index (κ1) is 18.4. The van der Waals surface area contributed by atoms with E-state index in [0.717, 1.165) is 30.4 Å². The number of hydrogen-bond acceptors (Lipinski definition) is 3. The van der Waals surface area contributed by atoms with Crippen molar-refractivity contribution < 1.29 is 4.79 Å². The second-order valence-electron chi connectivity index (χ2n) is 7.79. The minimum atomic E-state index is -0.487. The van der Waals surface area contributed by atoms with Gasteiger partial charge in [0, 0.05) is 17.7 Å². The Hall–Kier alpha value is -2.43. The van der Waals surface area contributed by atoms with Crippen molar-refractivity contribution in [2.45, 2.75) is 59.4 Å². The number of hydrogen-bond donors (Lipinski definition) is 1. The van der Waals surface area contributed by atoms with Crippen molar-refractivity contribution >= 4 is 5.78 Å². The highest BCUT2D eigenvalue weighted by Gasteiger charge is 2.25. The van der Waals surface area contributed by atoms with E-state index in [2.05, 4.69) is 4.98 Å². The van der Waals surface area contributed by atoms with Gasteiger partial charge in [-0.1, -0.05) is 37.5 Å². The Bertz CT molecular complexity index is 942. The van der Waals surface area contributed by atoms with Crippen molar-refractivity contribution in [3.63, 3.8) is 0 Å². The van der Waals surface area contributed by atoms with Gasteiger partial charge in [-0.2, -0.15) is 0 Å². The number of aromatic amines is 1. The van der Waals surface area contributed by atoms with E-state index in [9.17, 15) is 14.4 Å². The summed E-state index contributed by atoms with van der Waals surface area (Å²) in [5.41, 5.74) is 2.15. The van der Waals surface area contributed by atoms with Crippen molar-refractivity contribution in [1.29, 1.82) is 0 Å². The second kappa shape index (κ2) is 7.06. The standard InChI is InChI=1S/C21H26N2O3/c1-12(2)17-18(19(24)16-9-13(3)8-14(4)10-16)22-21(26)23(20(17)25)11-15-6-5-7-15/h8-10,12,15H,5-7,11H2,1-4H3,(H,22,26). The van der Waals surface area contributed by atoms with Gasteiger partial charge in [-0.15, -0.1) is 0 Å². The van der Waals surface area contributed by atoms with Crippen LogP contribution in [0.15, 0.2) is 27.8 Å². The molecule has 1 aliphatic rings. The lowest BCUT2D eigenvalue weighted by molar-refractivity contribution is 0.103. The maximum absolute atomic E-state index is 13.1. The fourth-order valence-electron chi connectivity index (χ4n) is 3.65. The predicted octanol–water partition coefficient (Wildman–Crippen LogP) is 3.31. The van der Waals surface area contributed by atoms with E-state index < -0.39 is 5.69 Å². The van der Waals surface area contributed by atoms with Crippen LogP contribution in [0.25, 0.3) is 0 Å². The van der Waals surface area contributed by atoms with Gasteiger partial charge >= 0.3 is 5.69 Å². The van der Waals surface area contributed by atoms with Gasteiger partial charge in [-0.05, 0) is 50.7 Å². The molecule has 3 rings (SSSR count). The molecule has 2 aromatic rings. The zero-order valence-electron chi connectivity index (χ0n) is 15.9. The number of carbonyl (C=O) groups excluding carboxylic acids is 1. The molecule has 1 N–H and O–H groups in total. The number of H-pyrrole nitrogens is 1. The zero-order chi connectivity index (χ0) is 19.0. The smallest absolute Gasteiger partial charge is 0.303 e. The number of carbonyl (C=O) groups is 1. The summed E-state index contributed by atoms with van der Waals surface area (Å²) in [5.74, 6) is -0.0721. The van der Waals surface area contributed by atoms with E-state index in [4.69, 9.17) is 0 Å². The molecule has 1 aromatic heterocycles. The quantitative estimate of drug-likeness (QED) is 0.837. The van der Waals surface area contributed by atoms with Crippen molar-refractivity contribution in [2.75, 3.05) is 0 Å². The van der Waals surface area contributed by atoms with Crippen molar-refractivity contribution in [3.8, 4) is 0 Å². The molecule has 0 spiro atoms. The third kappa shape index (κ3) is 3.43. The van der Waals surface area contributed by atoms with Crippen LogP contribution in [-0.2, 0) is 6.54 Å². The van der Waals surface area contributed by atoms with Gasteiger partial charge in [-0.3, -0.25) is 14.2 Å². The number of benzene rings is 1. The van der Waals surface area contributed by atoms with Crippen molar-refractivity contribution in [1.82, 2.24) is 9.55 Å². The lowest BCUT2D eigenvalue weighted by atomic mass is 9.85. The molecule has 1 heterocycles. The molecule has 1 aliphatic carbocycles. The maximum atomic E-state index is 13.1. The number of nitrogens with one attached hydrogen (secondary N) is 1. The van der Waals surface area contributed by atoms with Gasteiger partial charge in [0.25, 0.3) is 5.56 Å². The van der Waals surface area contributed by atoms with Crippen LogP contribution in [0.5, 0.6) is 0 Å². The SMILES string of the molecule is Cc1cc(C)cc(C(=O)c2[nH]c(=O)n(CC3CCC3)c(=O)c2C(C)C)c1. The molecular formula is C21H26N2O3. The number of aryl methyl sites for hydroxylation is 2. The van der Waals surface area contributed by atoms with Gasteiger partial charge in [0.05, 0.1) is 5.69 Å². The molecule has 0 aliphatic heterocycles. The molecule has 0 bridgehead atoms. The Morgan fingerprint density at radius 2 is 1.77 bits per heavy atom. The molecule has 1 saturated carbocycles. The molecule has 0 radical (unpaired) electrons. The monoisotopic (exact) mass is 354 g/mol. The van der Waals surface area contributed by atoms with Gasteiger partial charge in [0.1, 0.15) is 0 Å². The molecule has 0 atom stereocenters. The average Bonchev–Trinajstić information content (AvgIpc) is 2.50. The Morgan fingerprint density at radius 3 is 2.27 bits per heavy atom. The second-order valence-corrected chi connectivity index (χ2v) is 7.79. The van der Waals surface area contributed by atoms with Crippen LogP contribution in [0.1, 0.15) is 71.8 Å². The first-order chi connectivity index (χ1) is 12.3. The highest BCUT2D eigenvalue weighted by Crippen LogP contribution is 2.27. The number of nitrogens with zero attached hydrogens (tertiary/aromatic N) is 1. The summed E-state index contributed by atoms with van der Waals surface area (Å²) >= 11 is 0. The molecule has 1 aromatic carbocycles. The fraction of sp³-hybridized carbons (Fsp3) is 0.476. The number of ketones is 1. The van der Waals surface area contributed by atoms with Crippen LogP contribution in [0, 0.1) is 19.8 Å². The molecule has 5 nitrogen and oxygen atoms in total. The minimum Gasteiger partial charge on any atom is -0.303 e. The molecule has 138 valence electrons. The summed E-state index contributed by atoms with van der Waals surface area (Å²) < 4.78 is 1.28. The summed E-state index contributed by atoms with van der Waals surface area (Å²) in [7, 11) is 0. The molecule has 0 amide bonds. The van der Waals surface area contributed by atoms with Crippen molar-refractivity contribution in [2.24, 2.45) is 5.92 Å². The van der Waals surface area contributed by atoms with E-state index in [-0.39, 0.29) is 23.0 Å². The van der Waals surface area contributed by atoms with Gasteiger partial charge in [0.15, 0.2) is 0 Å². The largest absolute Gasteiger partial charge is 0.328 e. The van der Waals surface area contributed by atoms with Crippen LogP contribution in [0.3, 0.4) is 0 Å². The van der Waals surface area contributed by atoms with Gasteiger partial charge in [-0.25, -0.2) is 4.79 Å². The zero-order valence-corrected chi connectivity index (χ0v) is 15.9. The van der Waals surface area contributed by atoms with E-state index in [1.807, 2.05) is 33.8 Å². The average molecular weight is 354 g/mol. The third-order valence-electron chi connectivity index (χ3n) is 5.18. The van der Waals surface area contributed by atoms with Gasteiger partial charge < -0.3 is 4.98 Å². The normalized spacial score (nSPS) is 14.5. The highest BCUT2D eigenvalue weighted by atomic mass is 16.2. The molecule has 26 heavy (non-hydrogen) atoms. The molecule has 5 heteroatoms. The lowest BCUT2D eigenvalue weighted by Crippen LogP contribution is -2.42. The highest BCUT2D eigenvalue weighted by molar-refractivity contribution is 6.08. The molecule has 1 fully saturated rings. The summed E-state index contributed by atoms with van der Waals surface area (Å²) in [6.45, 7) is 8.03. The Morgan fingerprint density at radius 1 is 1.15 bits per heavy atom. The Balaban J connectivity index is 2.13.